The number of aliphatic hydroxyl groups is 2. The van der Waals surface area contributed by atoms with Crippen LogP contribution in [0.1, 0.15) is 71.1 Å². The van der Waals surface area contributed by atoms with E-state index in [0.717, 1.165) is 25.7 Å². The van der Waals surface area contributed by atoms with Crippen molar-refractivity contribution in [3.8, 4) is 0 Å². The van der Waals surface area contributed by atoms with E-state index in [2.05, 4.69) is 0 Å². The van der Waals surface area contributed by atoms with Gasteiger partial charge < -0.3 is 10.2 Å². The van der Waals surface area contributed by atoms with E-state index in [1.54, 1.807) is 12.2 Å². The molecule has 0 bridgehead atoms. The van der Waals surface area contributed by atoms with Crippen molar-refractivity contribution < 1.29 is 24.9 Å². The number of nitro groups is 2. The quantitative estimate of drug-likeness (QED) is 0.152. The normalized spacial score (nSPS) is 16.0. The lowest BCUT2D eigenvalue weighted by Gasteiger charge is -2.20. The molecule has 0 amide bonds. The average molecular weight is 413 g/mol. The Morgan fingerprint density at radius 3 is 2.14 bits per heavy atom. The average Bonchev–Trinajstić information content (AvgIpc) is 2.65. The van der Waals surface area contributed by atoms with Gasteiger partial charge in [-0.2, -0.15) is 0 Å². The van der Waals surface area contributed by atoms with Gasteiger partial charge in [0.25, 0.3) is 0 Å². The third kappa shape index (κ3) is 12.8. The molecule has 0 aromatic rings. The molecule has 4 unspecified atom stereocenters. The third-order valence-electron chi connectivity index (χ3n) is 4.65. The number of rotatable bonds is 18. The van der Waals surface area contributed by atoms with Gasteiger partial charge in [-0.3, -0.25) is 25.0 Å². The minimum Gasteiger partial charge on any atom is -0.386 e. The van der Waals surface area contributed by atoms with Gasteiger partial charge in [0.15, 0.2) is 6.29 Å². The largest absolute Gasteiger partial charge is 0.386 e. The molecule has 0 heterocycles. The molecule has 9 heteroatoms. The molecule has 0 saturated heterocycles. The smallest absolute Gasteiger partial charge is 0.242 e. The summed E-state index contributed by atoms with van der Waals surface area (Å²) in [4.78, 5) is 31.3. The van der Waals surface area contributed by atoms with Crippen LogP contribution in [0.2, 0.25) is 0 Å². The Labute approximate surface area is 171 Å². The second kappa shape index (κ2) is 16.8. The van der Waals surface area contributed by atoms with Gasteiger partial charge in [-0.1, -0.05) is 44.1 Å². The van der Waals surface area contributed by atoms with Crippen molar-refractivity contribution in [2.45, 2.75) is 95.4 Å². The highest BCUT2D eigenvalue weighted by molar-refractivity contribution is 5.50. The standard InChI is InChI=1S/C20H33N2O7/c1-2-3-10-13-17(21(26)27)19(24)16-20(25)18(22(28)29)14-11-8-6-4-5-7-9-12-15-23/h4-5,8,11,17-20,24-25H,2-3,6-7,9-10,12-14,16H2,1H3/b5-4-,11-8-. The molecule has 29 heavy (non-hydrogen) atoms. The molecule has 0 aliphatic carbocycles. The topological polar surface area (TPSA) is 144 Å². The number of unbranched alkanes of at least 4 members (excludes halogenated alkanes) is 4. The maximum absolute atomic E-state index is 11.3. The molecule has 2 N–H and O–H groups in total. The molecule has 0 saturated carbocycles. The molecule has 0 spiro atoms. The predicted octanol–water partition coefficient (Wildman–Crippen LogP) is 3.14. The van der Waals surface area contributed by atoms with E-state index in [4.69, 9.17) is 0 Å². The molecule has 0 aliphatic rings. The Kier molecular flexibility index (Phi) is 15.6. The number of hydrogen-bond donors (Lipinski definition) is 2. The van der Waals surface area contributed by atoms with Crippen LogP contribution in [0, 0.1) is 20.2 Å². The van der Waals surface area contributed by atoms with Crippen molar-refractivity contribution >= 4 is 6.29 Å². The van der Waals surface area contributed by atoms with Crippen LogP contribution in [0.25, 0.3) is 0 Å². The summed E-state index contributed by atoms with van der Waals surface area (Å²) in [5.41, 5.74) is 0. The van der Waals surface area contributed by atoms with Crippen molar-refractivity contribution in [1.82, 2.24) is 0 Å². The first kappa shape index (κ1) is 26.9. The van der Waals surface area contributed by atoms with Gasteiger partial charge in [-0.05, 0) is 25.7 Å². The second-order valence-electron chi connectivity index (χ2n) is 7.02. The maximum atomic E-state index is 11.3. The fourth-order valence-electron chi connectivity index (χ4n) is 2.90. The van der Waals surface area contributed by atoms with E-state index >= 15 is 0 Å². The summed E-state index contributed by atoms with van der Waals surface area (Å²) in [6.07, 6.45) is 10.4. The van der Waals surface area contributed by atoms with Crippen LogP contribution in [0.3, 0.4) is 0 Å². The molecule has 1 radical (unpaired) electrons. The summed E-state index contributed by atoms with van der Waals surface area (Å²) in [5, 5.41) is 42.7. The number of allylic oxidation sites excluding steroid dienone is 3. The molecule has 0 fully saturated rings. The highest BCUT2D eigenvalue weighted by atomic mass is 16.6. The fourth-order valence-corrected chi connectivity index (χ4v) is 2.90. The Hall–Kier alpha value is -2.13. The van der Waals surface area contributed by atoms with Gasteiger partial charge in [-0.25, -0.2) is 0 Å². The van der Waals surface area contributed by atoms with E-state index in [0.29, 0.717) is 19.3 Å². The molecule has 0 aliphatic heterocycles. The van der Waals surface area contributed by atoms with Crippen molar-refractivity contribution in [2.24, 2.45) is 0 Å². The summed E-state index contributed by atoms with van der Waals surface area (Å²) >= 11 is 0. The van der Waals surface area contributed by atoms with Crippen LogP contribution in [-0.2, 0) is 4.79 Å². The lowest BCUT2D eigenvalue weighted by Crippen LogP contribution is -2.41. The van der Waals surface area contributed by atoms with Crippen molar-refractivity contribution in [3.63, 3.8) is 0 Å². The number of aliphatic hydroxyl groups excluding tert-OH is 2. The van der Waals surface area contributed by atoms with Crippen LogP contribution in [0.5, 0.6) is 0 Å². The molecule has 9 nitrogen and oxygen atoms in total. The first-order valence-electron chi connectivity index (χ1n) is 10.1. The zero-order valence-corrected chi connectivity index (χ0v) is 17.0. The second-order valence-corrected chi connectivity index (χ2v) is 7.02. The Morgan fingerprint density at radius 2 is 1.55 bits per heavy atom. The van der Waals surface area contributed by atoms with Crippen molar-refractivity contribution in [1.29, 1.82) is 0 Å². The van der Waals surface area contributed by atoms with Crippen LogP contribution < -0.4 is 0 Å². The first-order valence-corrected chi connectivity index (χ1v) is 10.1. The van der Waals surface area contributed by atoms with E-state index in [1.165, 1.54) is 0 Å². The van der Waals surface area contributed by atoms with Gasteiger partial charge in [0.05, 0.1) is 0 Å². The van der Waals surface area contributed by atoms with Crippen molar-refractivity contribution in [3.05, 3.63) is 44.5 Å². The van der Waals surface area contributed by atoms with E-state index in [1.807, 2.05) is 25.4 Å². The summed E-state index contributed by atoms with van der Waals surface area (Å²) in [7, 11) is 0. The molecule has 0 aromatic carbocycles. The molecule has 165 valence electrons. The van der Waals surface area contributed by atoms with Crippen molar-refractivity contribution in [2.75, 3.05) is 0 Å². The minimum absolute atomic E-state index is 0.0339. The zero-order valence-electron chi connectivity index (χ0n) is 17.0. The van der Waals surface area contributed by atoms with Gasteiger partial charge in [-0.15, -0.1) is 0 Å². The first-order chi connectivity index (χ1) is 13.8. The summed E-state index contributed by atoms with van der Waals surface area (Å²) < 4.78 is 0. The highest BCUT2D eigenvalue weighted by Crippen LogP contribution is 2.17. The minimum atomic E-state index is -1.48. The molecule has 4 atom stereocenters. The summed E-state index contributed by atoms with van der Waals surface area (Å²) in [6, 6.07) is -2.57. The van der Waals surface area contributed by atoms with Gasteiger partial charge in [0, 0.05) is 35.5 Å². The molecular weight excluding hydrogens is 380 g/mol. The van der Waals surface area contributed by atoms with Gasteiger partial charge >= 0.3 is 0 Å². The Morgan fingerprint density at radius 1 is 0.931 bits per heavy atom. The molecule has 0 aromatic heterocycles. The SMILES string of the molecule is CCCCCC(C(O)CC(O)C(C/C=C\C/C=C\CCC[C]=O)[N+](=O)[O-])[N+](=O)[O-]. The van der Waals surface area contributed by atoms with E-state index < -0.39 is 40.6 Å². The summed E-state index contributed by atoms with van der Waals surface area (Å²) in [5.74, 6) is 0. The lowest BCUT2D eigenvalue weighted by molar-refractivity contribution is -0.543. The fraction of sp³-hybridized carbons (Fsp3) is 0.750. The van der Waals surface area contributed by atoms with Gasteiger partial charge in [0.1, 0.15) is 12.2 Å². The Bertz CT molecular complexity index is 537. The maximum Gasteiger partial charge on any atom is 0.242 e. The monoisotopic (exact) mass is 413 g/mol. The zero-order chi connectivity index (χ0) is 22.1. The van der Waals surface area contributed by atoms with Crippen LogP contribution in [0.4, 0.5) is 0 Å². The lowest BCUT2D eigenvalue weighted by atomic mass is 9.95. The summed E-state index contributed by atoms with van der Waals surface area (Å²) in [6.45, 7) is 1.96. The molecular formula is C20H33N2O7. The van der Waals surface area contributed by atoms with Crippen LogP contribution in [-0.4, -0.2) is 50.6 Å². The van der Waals surface area contributed by atoms with E-state index in [-0.39, 0.29) is 12.8 Å². The van der Waals surface area contributed by atoms with Gasteiger partial charge in [0.2, 0.25) is 12.1 Å². The van der Waals surface area contributed by atoms with Crippen LogP contribution in [0.15, 0.2) is 24.3 Å². The Balaban J connectivity index is 4.57. The number of carbonyl (C=O) groups excluding carboxylic acids is 1. The van der Waals surface area contributed by atoms with E-state index in [9.17, 15) is 35.2 Å². The predicted molar refractivity (Wildman–Crippen MR) is 109 cm³/mol. The van der Waals surface area contributed by atoms with Crippen LogP contribution >= 0.6 is 0 Å². The highest BCUT2D eigenvalue weighted by Gasteiger charge is 2.36. The molecule has 0 rings (SSSR count). The third-order valence-corrected chi connectivity index (χ3v) is 4.65. The number of hydrogen-bond acceptors (Lipinski definition) is 7. The number of nitrogens with zero attached hydrogens (tertiary/aromatic N) is 2.